The van der Waals surface area contributed by atoms with Gasteiger partial charge in [-0.15, -0.1) is 0 Å². The van der Waals surface area contributed by atoms with Gasteiger partial charge in [0, 0.05) is 31.3 Å². The zero-order valence-corrected chi connectivity index (χ0v) is 15.6. The summed E-state index contributed by atoms with van der Waals surface area (Å²) >= 11 is 0. The first-order chi connectivity index (χ1) is 12.3. The molecule has 0 spiro atoms. The number of guanidine groups is 1. The SMILES string of the molecule is CS(=O)(=O)NCCNC(=NCc1ccc([N+](=O)[O-])cc1)NC1CCCC1. The van der Waals surface area contributed by atoms with E-state index in [4.69, 9.17) is 0 Å². The van der Waals surface area contributed by atoms with Gasteiger partial charge in [0.1, 0.15) is 0 Å². The van der Waals surface area contributed by atoms with E-state index in [9.17, 15) is 18.5 Å². The molecule has 0 atom stereocenters. The standard InChI is InChI=1S/C16H25N5O4S/c1-26(24,25)19-11-10-17-16(20-14-4-2-3-5-14)18-12-13-6-8-15(9-7-13)21(22)23/h6-9,14,19H,2-5,10-12H2,1H3,(H2,17,18,20). The lowest BCUT2D eigenvalue weighted by atomic mass is 10.2. The first-order valence-electron chi connectivity index (χ1n) is 8.56. The molecule has 10 heteroatoms. The van der Waals surface area contributed by atoms with Gasteiger partial charge in [-0.05, 0) is 18.4 Å². The second kappa shape index (κ2) is 9.48. The van der Waals surface area contributed by atoms with Gasteiger partial charge in [0.15, 0.2) is 5.96 Å². The van der Waals surface area contributed by atoms with Crippen molar-refractivity contribution >= 4 is 21.7 Å². The van der Waals surface area contributed by atoms with Gasteiger partial charge >= 0.3 is 0 Å². The fourth-order valence-corrected chi connectivity index (χ4v) is 3.20. The number of sulfonamides is 1. The molecule has 0 amide bonds. The number of aliphatic imine (C=N–C) groups is 1. The lowest BCUT2D eigenvalue weighted by Crippen LogP contribution is -2.45. The van der Waals surface area contributed by atoms with Gasteiger partial charge in [0.25, 0.3) is 5.69 Å². The van der Waals surface area contributed by atoms with Gasteiger partial charge < -0.3 is 10.6 Å². The van der Waals surface area contributed by atoms with Crippen molar-refractivity contribution in [3.63, 3.8) is 0 Å². The van der Waals surface area contributed by atoms with Crippen LogP contribution in [0.15, 0.2) is 29.3 Å². The maximum atomic E-state index is 11.1. The van der Waals surface area contributed by atoms with Crippen LogP contribution in [-0.2, 0) is 16.6 Å². The third-order valence-corrected chi connectivity index (χ3v) is 4.77. The molecule has 144 valence electrons. The highest BCUT2D eigenvalue weighted by Gasteiger charge is 2.16. The molecular weight excluding hydrogens is 358 g/mol. The van der Waals surface area contributed by atoms with Crippen molar-refractivity contribution in [1.29, 1.82) is 0 Å². The molecule has 1 saturated carbocycles. The second-order valence-corrected chi connectivity index (χ2v) is 8.14. The molecule has 0 aromatic heterocycles. The third kappa shape index (κ3) is 7.36. The summed E-state index contributed by atoms with van der Waals surface area (Å²) in [5, 5.41) is 17.2. The van der Waals surface area contributed by atoms with Gasteiger partial charge in [-0.25, -0.2) is 18.1 Å². The van der Waals surface area contributed by atoms with Crippen molar-refractivity contribution in [2.75, 3.05) is 19.3 Å². The summed E-state index contributed by atoms with van der Waals surface area (Å²) in [7, 11) is -3.22. The second-order valence-electron chi connectivity index (χ2n) is 6.31. The van der Waals surface area contributed by atoms with Crippen LogP contribution in [0, 0.1) is 10.1 Å². The van der Waals surface area contributed by atoms with Crippen LogP contribution < -0.4 is 15.4 Å². The predicted molar refractivity (Wildman–Crippen MR) is 100 cm³/mol. The Morgan fingerprint density at radius 2 is 1.88 bits per heavy atom. The highest BCUT2D eigenvalue weighted by Crippen LogP contribution is 2.17. The number of non-ortho nitro benzene ring substituents is 1. The highest BCUT2D eigenvalue weighted by atomic mass is 32.2. The molecule has 1 aromatic carbocycles. The average molecular weight is 383 g/mol. The minimum absolute atomic E-state index is 0.0482. The predicted octanol–water partition coefficient (Wildman–Crippen LogP) is 1.12. The molecule has 1 fully saturated rings. The number of rotatable bonds is 8. The zero-order chi connectivity index (χ0) is 19.0. The van der Waals surface area contributed by atoms with Crippen LogP contribution in [0.4, 0.5) is 5.69 Å². The van der Waals surface area contributed by atoms with E-state index < -0.39 is 14.9 Å². The van der Waals surface area contributed by atoms with Gasteiger partial charge in [-0.2, -0.15) is 0 Å². The number of nitro benzene ring substituents is 1. The maximum absolute atomic E-state index is 11.1. The molecule has 3 N–H and O–H groups in total. The summed E-state index contributed by atoms with van der Waals surface area (Å²) < 4.78 is 24.6. The van der Waals surface area contributed by atoms with Crippen LogP contribution in [0.2, 0.25) is 0 Å². The van der Waals surface area contributed by atoms with Crippen LogP contribution in [0.3, 0.4) is 0 Å². The van der Waals surface area contributed by atoms with E-state index >= 15 is 0 Å². The Kier molecular flexibility index (Phi) is 7.34. The van der Waals surface area contributed by atoms with E-state index in [1.807, 2.05) is 0 Å². The molecule has 0 saturated heterocycles. The molecule has 1 aliphatic rings. The lowest BCUT2D eigenvalue weighted by molar-refractivity contribution is -0.384. The molecule has 26 heavy (non-hydrogen) atoms. The zero-order valence-electron chi connectivity index (χ0n) is 14.8. The number of hydrogen-bond acceptors (Lipinski definition) is 5. The monoisotopic (exact) mass is 383 g/mol. The first kappa shape index (κ1) is 20.1. The third-order valence-electron chi connectivity index (χ3n) is 4.04. The largest absolute Gasteiger partial charge is 0.355 e. The van der Waals surface area contributed by atoms with Gasteiger partial charge in [0.05, 0.1) is 17.7 Å². The molecular formula is C16H25N5O4S. The van der Waals surface area contributed by atoms with Crippen molar-refractivity contribution in [1.82, 2.24) is 15.4 Å². The van der Waals surface area contributed by atoms with Crippen molar-refractivity contribution in [3.05, 3.63) is 39.9 Å². The van der Waals surface area contributed by atoms with Crippen molar-refractivity contribution in [2.45, 2.75) is 38.3 Å². The van der Waals surface area contributed by atoms with Crippen molar-refractivity contribution in [2.24, 2.45) is 4.99 Å². The number of nitro groups is 1. The Labute approximate surface area is 153 Å². The number of nitrogens with zero attached hydrogens (tertiary/aromatic N) is 2. The molecule has 0 aliphatic heterocycles. The summed E-state index contributed by atoms with van der Waals surface area (Å²) in [5.74, 6) is 0.616. The summed E-state index contributed by atoms with van der Waals surface area (Å²) in [4.78, 5) is 14.8. The van der Waals surface area contributed by atoms with Crippen molar-refractivity contribution in [3.8, 4) is 0 Å². The van der Waals surface area contributed by atoms with E-state index in [0.717, 1.165) is 24.7 Å². The van der Waals surface area contributed by atoms with Crippen molar-refractivity contribution < 1.29 is 13.3 Å². The Morgan fingerprint density at radius 1 is 1.23 bits per heavy atom. The molecule has 1 aromatic rings. The molecule has 2 rings (SSSR count). The van der Waals surface area contributed by atoms with Gasteiger partial charge in [-0.1, -0.05) is 25.0 Å². The smallest absolute Gasteiger partial charge is 0.269 e. The molecule has 0 heterocycles. The van der Waals surface area contributed by atoms with Gasteiger partial charge in [0.2, 0.25) is 10.0 Å². The average Bonchev–Trinajstić information content (AvgIpc) is 3.08. The number of benzene rings is 1. The minimum atomic E-state index is -3.22. The summed E-state index contributed by atoms with van der Waals surface area (Å²) in [6, 6.07) is 6.64. The summed E-state index contributed by atoms with van der Waals surface area (Å²) in [6.45, 7) is 1.05. The molecule has 0 unspecified atom stereocenters. The Morgan fingerprint density at radius 3 is 2.46 bits per heavy atom. The molecule has 1 aliphatic carbocycles. The topological polar surface area (TPSA) is 126 Å². The Bertz CT molecular complexity index is 728. The quantitative estimate of drug-likeness (QED) is 0.203. The van der Waals surface area contributed by atoms with E-state index in [1.165, 1.54) is 25.0 Å². The summed E-state index contributed by atoms with van der Waals surface area (Å²) in [6.07, 6.45) is 5.65. The highest BCUT2D eigenvalue weighted by molar-refractivity contribution is 7.88. The number of nitrogens with one attached hydrogen (secondary N) is 3. The Hall–Kier alpha value is -2.20. The van der Waals surface area contributed by atoms with E-state index in [0.29, 0.717) is 25.1 Å². The fraction of sp³-hybridized carbons (Fsp3) is 0.562. The molecule has 0 radical (unpaired) electrons. The van der Waals surface area contributed by atoms with Crippen LogP contribution in [0.5, 0.6) is 0 Å². The van der Waals surface area contributed by atoms with E-state index in [-0.39, 0.29) is 12.2 Å². The maximum Gasteiger partial charge on any atom is 0.269 e. The molecule has 9 nitrogen and oxygen atoms in total. The lowest BCUT2D eigenvalue weighted by Gasteiger charge is -2.17. The van der Waals surface area contributed by atoms with Crippen LogP contribution in [0.25, 0.3) is 0 Å². The van der Waals surface area contributed by atoms with Crippen LogP contribution in [-0.4, -0.2) is 44.7 Å². The van der Waals surface area contributed by atoms with Crippen LogP contribution >= 0.6 is 0 Å². The van der Waals surface area contributed by atoms with Gasteiger partial charge in [-0.3, -0.25) is 10.1 Å². The van der Waals surface area contributed by atoms with Crippen LogP contribution in [0.1, 0.15) is 31.2 Å². The summed E-state index contributed by atoms with van der Waals surface area (Å²) in [5.41, 5.74) is 0.907. The Balaban J connectivity index is 1.94. The number of hydrogen-bond donors (Lipinski definition) is 3. The normalized spacial score (nSPS) is 15.8. The van der Waals surface area contributed by atoms with E-state index in [1.54, 1.807) is 12.1 Å². The fourth-order valence-electron chi connectivity index (χ4n) is 2.73. The molecule has 0 bridgehead atoms. The minimum Gasteiger partial charge on any atom is -0.355 e. The first-order valence-corrected chi connectivity index (χ1v) is 10.5. The van der Waals surface area contributed by atoms with E-state index in [2.05, 4.69) is 20.3 Å².